The van der Waals surface area contributed by atoms with E-state index in [1.54, 1.807) is 6.92 Å². The number of rotatable bonds is 8. The maximum absolute atomic E-state index is 11.0. The van der Waals surface area contributed by atoms with Crippen molar-refractivity contribution in [3.8, 4) is 0 Å². The van der Waals surface area contributed by atoms with Crippen LogP contribution in [0.15, 0.2) is 24.3 Å². The zero-order valence-corrected chi connectivity index (χ0v) is 12.7. The lowest BCUT2D eigenvalue weighted by atomic mass is 9.91. The molecule has 4 heteroatoms. The number of carbonyl (C=O) groups is 1. The molecule has 0 amide bonds. The smallest absolute Gasteiger partial charge is 0.310 e. The Balaban J connectivity index is 1.98. The molecule has 1 aliphatic rings. The molecule has 0 aliphatic heterocycles. The van der Waals surface area contributed by atoms with Gasteiger partial charge in [-0.05, 0) is 37.3 Å². The van der Waals surface area contributed by atoms with Gasteiger partial charge in [-0.2, -0.15) is 0 Å². The van der Waals surface area contributed by atoms with Crippen LogP contribution in [0.2, 0.25) is 0 Å². The molecular formula is C17H25NO3. The zero-order valence-electron chi connectivity index (χ0n) is 12.7. The van der Waals surface area contributed by atoms with Crippen molar-refractivity contribution in [3.05, 3.63) is 35.4 Å². The van der Waals surface area contributed by atoms with E-state index < -0.39 is 11.9 Å². The van der Waals surface area contributed by atoms with Gasteiger partial charge in [0.15, 0.2) is 0 Å². The van der Waals surface area contributed by atoms with Crippen LogP contribution >= 0.6 is 0 Å². The molecule has 1 atom stereocenters. The number of benzene rings is 1. The molecule has 0 radical (unpaired) electrons. The Bertz CT molecular complexity index is 454. The first-order valence-electron chi connectivity index (χ1n) is 7.78. The number of carboxylic acids is 1. The minimum Gasteiger partial charge on any atom is -0.481 e. The van der Waals surface area contributed by atoms with E-state index in [1.807, 2.05) is 24.3 Å². The third-order valence-corrected chi connectivity index (χ3v) is 4.43. The molecule has 1 fully saturated rings. The maximum Gasteiger partial charge on any atom is 0.310 e. The van der Waals surface area contributed by atoms with Crippen LogP contribution in [0.5, 0.6) is 0 Å². The third kappa shape index (κ3) is 4.29. The van der Waals surface area contributed by atoms with Crippen LogP contribution in [0.1, 0.15) is 49.7 Å². The van der Waals surface area contributed by atoms with Gasteiger partial charge in [-0.3, -0.25) is 9.69 Å². The molecule has 1 aromatic carbocycles. The summed E-state index contributed by atoms with van der Waals surface area (Å²) < 4.78 is 0. The summed E-state index contributed by atoms with van der Waals surface area (Å²) in [6, 6.07) is 8.53. The van der Waals surface area contributed by atoms with Crippen LogP contribution in [0.25, 0.3) is 0 Å². The molecule has 0 heterocycles. The molecule has 2 rings (SSSR count). The topological polar surface area (TPSA) is 60.8 Å². The zero-order chi connectivity index (χ0) is 15.2. The largest absolute Gasteiger partial charge is 0.481 e. The summed E-state index contributed by atoms with van der Waals surface area (Å²) in [5.74, 6) is -1.25. The summed E-state index contributed by atoms with van der Waals surface area (Å²) >= 11 is 0. The SMILES string of the molecule is CC(C(=O)O)c1ccc(CN(CCCO)C2CCC2)cc1. The van der Waals surface area contributed by atoms with E-state index in [0.29, 0.717) is 6.04 Å². The van der Waals surface area contributed by atoms with Crippen LogP contribution in [0.4, 0.5) is 0 Å². The standard InChI is InChI=1S/C17H25NO3/c1-13(17(20)21)15-8-6-14(7-9-15)12-18(10-3-11-19)16-4-2-5-16/h6-9,13,16,19H,2-5,10-12H2,1H3,(H,20,21). The fraction of sp³-hybridized carbons (Fsp3) is 0.588. The van der Waals surface area contributed by atoms with E-state index in [9.17, 15) is 4.79 Å². The number of aliphatic hydroxyl groups is 1. The van der Waals surface area contributed by atoms with Gasteiger partial charge >= 0.3 is 5.97 Å². The minimum absolute atomic E-state index is 0.234. The summed E-state index contributed by atoms with van der Waals surface area (Å²) in [5, 5.41) is 18.0. The Labute approximate surface area is 126 Å². The van der Waals surface area contributed by atoms with E-state index in [4.69, 9.17) is 10.2 Å². The van der Waals surface area contributed by atoms with Crippen molar-refractivity contribution >= 4 is 5.97 Å². The fourth-order valence-corrected chi connectivity index (χ4v) is 2.71. The summed E-state index contributed by atoms with van der Waals surface area (Å²) in [6.07, 6.45) is 4.61. The Hall–Kier alpha value is -1.39. The van der Waals surface area contributed by atoms with Crippen LogP contribution in [0, 0.1) is 0 Å². The molecule has 1 saturated carbocycles. The number of carboxylic acid groups (broad SMARTS) is 1. The molecular weight excluding hydrogens is 266 g/mol. The number of hydrogen-bond acceptors (Lipinski definition) is 3. The quantitative estimate of drug-likeness (QED) is 0.773. The molecule has 0 saturated heterocycles. The first-order valence-corrected chi connectivity index (χ1v) is 7.78. The summed E-state index contributed by atoms with van der Waals surface area (Å²) in [7, 11) is 0. The highest BCUT2D eigenvalue weighted by atomic mass is 16.4. The van der Waals surface area contributed by atoms with Crippen molar-refractivity contribution in [2.75, 3.05) is 13.2 Å². The van der Waals surface area contributed by atoms with Crippen LogP contribution < -0.4 is 0 Å². The highest BCUT2D eigenvalue weighted by Crippen LogP contribution is 2.26. The van der Waals surface area contributed by atoms with Gasteiger partial charge in [-0.25, -0.2) is 0 Å². The second-order valence-corrected chi connectivity index (χ2v) is 5.93. The molecule has 1 unspecified atom stereocenters. The van der Waals surface area contributed by atoms with Gasteiger partial charge < -0.3 is 10.2 Å². The number of aliphatic carboxylic acids is 1. The Morgan fingerprint density at radius 2 is 2.00 bits per heavy atom. The van der Waals surface area contributed by atoms with Crippen molar-refractivity contribution in [1.29, 1.82) is 0 Å². The number of hydrogen-bond donors (Lipinski definition) is 2. The third-order valence-electron chi connectivity index (χ3n) is 4.43. The Kier molecular flexibility index (Phi) is 5.76. The van der Waals surface area contributed by atoms with Crippen molar-refractivity contribution in [1.82, 2.24) is 4.90 Å². The predicted octanol–water partition coefficient (Wildman–Crippen LogP) is 2.61. The fourth-order valence-electron chi connectivity index (χ4n) is 2.71. The molecule has 1 aliphatic carbocycles. The molecule has 4 nitrogen and oxygen atoms in total. The van der Waals surface area contributed by atoms with E-state index in [1.165, 1.54) is 24.8 Å². The van der Waals surface area contributed by atoms with Crippen LogP contribution in [0.3, 0.4) is 0 Å². The molecule has 0 aromatic heterocycles. The normalized spacial score (nSPS) is 16.7. The van der Waals surface area contributed by atoms with Gasteiger partial charge in [0.1, 0.15) is 0 Å². The van der Waals surface area contributed by atoms with Crippen molar-refractivity contribution in [2.24, 2.45) is 0 Å². The van der Waals surface area contributed by atoms with Gasteiger partial charge in [0, 0.05) is 25.7 Å². The predicted molar refractivity (Wildman–Crippen MR) is 82.2 cm³/mol. The molecule has 116 valence electrons. The number of aliphatic hydroxyl groups excluding tert-OH is 1. The molecule has 1 aromatic rings. The average molecular weight is 291 g/mol. The second-order valence-electron chi connectivity index (χ2n) is 5.93. The first-order chi connectivity index (χ1) is 10.1. The maximum atomic E-state index is 11.0. The van der Waals surface area contributed by atoms with Crippen molar-refractivity contribution in [3.63, 3.8) is 0 Å². The number of nitrogens with zero attached hydrogens (tertiary/aromatic N) is 1. The Morgan fingerprint density at radius 3 is 2.48 bits per heavy atom. The molecule has 0 spiro atoms. The van der Waals surface area contributed by atoms with Gasteiger partial charge in [-0.1, -0.05) is 30.7 Å². The van der Waals surface area contributed by atoms with E-state index in [-0.39, 0.29) is 6.61 Å². The molecule has 21 heavy (non-hydrogen) atoms. The lowest BCUT2D eigenvalue weighted by molar-refractivity contribution is -0.138. The van der Waals surface area contributed by atoms with E-state index in [2.05, 4.69) is 4.90 Å². The van der Waals surface area contributed by atoms with E-state index in [0.717, 1.165) is 25.1 Å². The summed E-state index contributed by atoms with van der Waals surface area (Å²) in [6.45, 7) is 3.75. The monoisotopic (exact) mass is 291 g/mol. The van der Waals surface area contributed by atoms with Gasteiger partial charge in [0.25, 0.3) is 0 Å². The molecule has 0 bridgehead atoms. The lowest BCUT2D eigenvalue weighted by Crippen LogP contribution is -2.40. The van der Waals surface area contributed by atoms with Crippen LogP contribution in [-0.4, -0.2) is 40.3 Å². The molecule has 2 N–H and O–H groups in total. The Morgan fingerprint density at radius 1 is 1.33 bits per heavy atom. The van der Waals surface area contributed by atoms with Crippen LogP contribution in [-0.2, 0) is 11.3 Å². The highest BCUT2D eigenvalue weighted by Gasteiger charge is 2.24. The van der Waals surface area contributed by atoms with Gasteiger partial charge in [0.05, 0.1) is 5.92 Å². The average Bonchev–Trinajstić information content (AvgIpc) is 2.42. The first kappa shape index (κ1) is 16.0. The van der Waals surface area contributed by atoms with E-state index >= 15 is 0 Å². The lowest BCUT2D eigenvalue weighted by Gasteiger charge is -2.37. The van der Waals surface area contributed by atoms with Gasteiger partial charge in [0.2, 0.25) is 0 Å². The summed E-state index contributed by atoms with van der Waals surface area (Å²) in [5.41, 5.74) is 2.05. The highest BCUT2D eigenvalue weighted by molar-refractivity contribution is 5.75. The minimum atomic E-state index is -0.790. The van der Waals surface area contributed by atoms with Crippen molar-refractivity contribution in [2.45, 2.75) is 51.1 Å². The summed E-state index contributed by atoms with van der Waals surface area (Å²) in [4.78, 5) is 13.4. The van der Waals surface area contributed by atoms with Crippen molar-refractivity contribution < 1.29 is 15.0 Å². The van der Waals surface area contributed by atoms with Gasteiger partial charge in [-0.15, -0.1) is 0 Å². The second kappa shape index (κ2) is 7.57.